The Kier molecular flexibility index (Phi) is 6.78. The van der Waals surface area contributed by atoms with Crippen molar-refractivity contribution in [1.82, 2.24) is 14.7 Å². The number of nitrogens with one attached hydrogen (secondary N) is 2. The zero-order chi connectivity index (χ0) is 25.4. The second kappa shape index (κ2) is 9.50. The highest BCUT2D eigenvalue weighted by molar-refractivity contribution is 7.92. The monoisotopic (exact) mass is 521 g/mol. The lowest BCUT2D eigenvalue weighted by molar-refractivity contribution is 0.259. The number of benzene rings is 2. The third kappa shape index (κ3) is 4.85. The molecular formula is C19H23N9O5S2. The van der Waals surface area contributed by atoms with Crippen LogP contribution in [0.15, 0.2) is 55.3 Å². The normalized spacial score (nSPS) is 15.0. The number of H-pyrrole nitrogens is 1. The number of primary sulfonamides is 1. The number of aromatic amines is 1. The van der Waals surface area contributed by atoms with E-state index in [0.717, 1.165) is 6.07 Å². The molecule has 1 aliphatic heterocycles. The highest BCUT2D eigenvalue weighted by Crippen LogP contribution is 2.35. The average molecular weight is 522 g/mol. The smallest absolute Gasteiger partial charge is 0.242 e. The van der Waals surface area contributed by atoms with Crippen LogP contribution in [0.25, 0.3) is 22.2 Å². The number of rotatable bonds is 9. The van der Waals surface area contributed by atoms with Crippen LogP contribution < -0.4 is 21.3 Å². The van der Waals surface area contributed by atoms with Gasteiger partial charge in [-0.15, -0.1) is 5.11 Å². The van der Waals surface area contributed by atoms with E-state index in [2.05, 4.69) is 29.9 Å². The Balaban J connectivity index is 2.02. The second-order valence-corrected chi connectivity index (χ2v) is 10.8. The van der Waals surface area contributed by atoms with Crippen molar-refractivity contribution in [2.75, 3.05) is 19.8 Å². The first kappa shape index (κ1) is 25.0. The Hall–Kier alpha value is -3.12. The number of aliphatic imine (C=N–C) groups is 1. The van der Waals surface area contributed by atoms with Crippen molar-refractivity contribution in [1.29, 1.82) is 0 Å². The largest absolute Gasteiger partial charge is 0.395 e. The molecule has 0 fully saturated rings. The third-order valence-electron chi connectivity index (χ3n) is 5.23. The molecule has 2 aromatic carbocycles. The Morgan fingerprint density at radius 3 is 2.51 bits per heavy atom. The SMILES string of the molecule is NCc1nc2ccc(-c3ccc(S(=O)(=O)N[C@@H](CN)CO)c(S(N)(=O)=O)c3C3=NCN=N3)cc2[nH]1. The number of sulfonamides is 2. The minimum Gasteiger partial charge on any atom is -0.395 e. The molecule has 35 heavy (non-hydrogen) atoms. The number of azo groups is 1. The summed E-state index contributed by atoms with van der Waals surface area (Å²) in [6.07, 6.45) is 0. The van der Waals surface area contributed by atoms with Crippen molar-refractivity contribution in [2.24, 2.45) is 31.8 Å². The van der Waals surface area contributed by atoms with E-state index in [-0.39, 0.29) is 31.2 Å². The summed E-state index contributed by atoms with van der Waals surface area (Å²) in [6.45, 7) is -0.685. The van der Waals surface area contributed by atoms with Gasteiger partial charge in [-0.25, -0.2) is 36.7 Å². The summed E-state index contributed by atoms with van der Waals surface area (Å²) in [5, 5.41) is 22.6. The number of nitrogens with zero attached hydrogens (tertiary/aromatic N) is 4. The van der Waals surface area contributed by atoms with E-state index >= 15 is 0 Å². The van der Waals surface area contributed by atoms with Crippen LogP contribution in [0.1, 0.15) is 11.4 Å². The fraction of sp³-hybridized carbons (Fsp3) is 0.263. The van der Waals surface area contributed by atoms with Gasteiger partial charge < -0.3 is 21.6 Å². The van der Waals surface area contributed by atoms with Gasteiger partial charge >= 0.3 is 0 Å². The lowest BCUT2D eigenvalue weighted by Crippen LogP contribution is -2.43. The first-order chi connectivity index (χ1) is 16.6. The molecule has 1 aliphatic rings. The zero-order valence-electron chi connectivity index (χ0n) is 18.2. The van der Waals surface area contributed by atoms with Crippen molar-refractivity contribution >= 4 is 36.9 Å². The van der Waals surface area contributed by atoms with E-state index in [9.17, 15) is 21.9 Å². The van der Waals surface area contributed by atoms with E-state index in [4.69, 9.17) is 16.6 Å². The molecule has 1 atom stereocenters. The number of aliphatic hydroxyl groups is 1. The first-order valence-corrected chi connectivity index (χ1v) is 13.3. The number of imidazole rings is 1. The summed E-state index contributed by atoms with van der Waals surface area (Å²) in [4.78, 5) is 10.2. The van der Waals surface area contributed by atoms with Crippen LogP contribution in [-0.2, 0) is 26.6 Å². The van der Waals surface area contributed by atoms with Gasteiger partial charge in [0.25, 0.3) is 0 Å². The van der Waals surface area contributed by atoms with Gasteiger partial charge in [0.15, 0.2) is 12.5 Å². The fourth-order valence-electron chi connectivity index (χ4n) is 3.65. The van der Waals surface area contributed by atoms with E-state index in [1.54, 1.807) is 18.2 Å². The van der Waals surface area contributed by atoms with Gasteiger partial charge in [-0.2, -0.15) is 5.11 Å². The summed E-state index contributed by atoms with van der Waals surface area (Å²) in [5.74, 6) is 0.466. The molecule has 0 bridgehead atoms. The molecule has 14 nitrogen and oxygen atoms in total. The summed E-state index contributed by atoms with van der Waals surface area (Å²) >= 11 is 0. The molecule has 3 aromatic rings. The number of hydrogen-bond acceptors (Lipinski definition) is 11. The second-order valence-electron chi connectivity index (χ2n) is 7.58. The molecule has 1 aromatic heterocycles. The Morgan fingerprint density at radius 2 is 1.91 bits per heavy atom. The summed E-state index contributed by atoms with van der Waals surface area (Å²) in [7, 11) is -9.13. The van der Waals surface area contributed by atoms with Crippen LogP contribution in [0.4, 0.5) is 0 Å². The molecule has 186 valence electrons. The Labute approximate surface area is 200 Å². The Morgan fingerprint density at radius 1 is 1.14 bits per heavy atom. The molecule has 0 amide bonds. The lowest BCUT2D eigenvalue weighted by atomic mass is 9.98. The Bertz CT molecular complexity index is 1560. The molecule has 0 aliphatic carbocycles. The van der Waals surface area contributed by atoms with Crippen LogP contribution >= 0.6 is 0 Å². The topological polar surface area (TPSA) is 244 Å². The minimum atomic E-state index is -4.64. The maximum Gasteiger partial charge on any atom is 0.242 e. The predicted octanol–water partition coefficient (Wildman–Crippen LogP) is -0.896. The molecule has 0 saturated carbocycles. The van der Waals surface area contributed by atoms with Gasteiger partial charge in [0, 0.05) is 6.54 Å². The number of nitrogens with two attached hydrogens (primary N) is 3. The highest BCUT2D eigenvalue weighted by atomic mass is 32.2. The number of amidine groups is 1. The van der Waals surface area contributed by atoms with Gasteiger partial charge in [-0.05, 0) is 29.3 Å². The molecule has 0 saturated heterocycles. The molecule has 0 spiro atoms. The minimum absolute atomic E-state index is 0.0622. The molecule has 9 N–H and O–H groups in total. The van der Waals surface area contributed by atoms with Gasteiger partial charge in [-0.3, -0.25) is 0 Å². The van der Waals surface area contributed by atoms with Gasteiger partial charge in [0.05, 0.1) is 35.8 Å². The van der Waals surface area contributed by atoms with Crippen molar-refractivity contribution < 1.29 is 21.9 Å². The molecule has 4 rings (SSSR count). The van der Waals surface area contributed by atoms with E-state index in [1.165, 1.54) is 6.07 Å². The van der Waals surface area contributed by atoms with E-state index < -0.39 is 42.5 Å². The van der Waals surface area contributed by atoms with Crippen molar-refractivity contribution in [3.8, 4) is 11.1 Å². The lowest BCUT2D eigenvalue weighted by Gasteiger charge is -2.19. The third-order valence-corrected chi connectivity index (χ3v) is 7.92. The predicted molar refractivity (Wildman–Crippen MR) is 127 cm³/mol. The van der Waals surface area contributed by atoms with Crippen LogP contribution in [0.2, 0.25) is 0 Å². The summed E-state index contributed by atoms with van der Waals surface area (Å²) in [5.41, 5.74) is 13.1. The average Bonchev–Trinajstić information content (AvgIpc) is 3.50. The maximum absolute atomic E-state index is 13.1. The van der Waals surface area contributed by atoms with Crippen LogP contribution in [0, 0.1) is 0 Å². The standard InChI is InChI=1S/C19H23N9O5S2/c20-6-11(8-29)28-35(32,33)15-4-2-12(10-1-3-13-14(5-10)26-16(7-21)25-13)17(18(15)34(22,30)31)19-23-9-24-27-19/h1-5,11,28-29H,6-9,20-21H2,(H,25,26)(H2,22,30,31)/t11-/m0/s1. The van der Waals surface area contributed by atoms with Crippen LogP contribution in [0.3, 0.4) is 0 Å². The zero-order valence-corrected chi connectivity index (χ0v) is 19.8. The molecular weight excluding hydrogens is 498 g/mol. The maximum atomic E-state index is 13.1. The summed E-state index contributed by atoms with van der Waals surface area (Å²) < 4.78 is 54.1. The number of hydrogen-bond donors (Lipinski definition) is 6. The summed E-state index contributed by atoms with van der Waals surface area (Å²) in [6, 6.07) is 6.60. The fourth-order valence-corrected chi connectivity index (χ4v) is 6.49. The van der Waals surface area contributed by atoms with E-state index in [1.807, 2.05) is 0 Å². The van der Waals surface area contributed by atoms with Crippen LogP contribution in [-0.4, -0.2) is 63.6 Å². The van der Waals surface area contributed by atoms with Gasteiger partial charge in [-0.1, -0.05) is 12.1 Å². The van der Waals surface area contributed by atoms with Crippen LogP contribution in [0.5, 0.6) is 0 Å². The number of aliphatic hydroxyl groups excluding tert-OH is 1. The van der Waals surface area contributed by atoms with Gasteiger partial charge in [0.2, 0.25) is 20.0 Å². The highest BCUT2D eigenvalue weighted by Gasteiger charge is 2.33. The number of fused-ring (bicyclic) bond motifs is 1. The molecule has 16 heteroatoms. The van der Waals surface area contributed by atoms with E-state index in [0.29, 0.717) is 28.0 Å². The molecule has 2 heterocycles. The van der Waals surface area contributed by atoms with Crippen molar-refractivity contribution in [3.05, 3.63) is 41.7 Å². The first-order valence-electron chi connectivity index (χ1n) is 10.2. The molecule has 0 unspecified atom stereocenters. The van der Waals surface area contributed by atoms with Gasteiger partial charge in [0.1, 0.15) is 15.6 Å². The quantitative estimate of drug-likeness (QED) is 0.205. The van der Waals surface area contributed by atoms with Crippen molar-refractivity contribution in [2.45, 2.75) is 22.4 Å². The van der Waals surface area contributed by atoms with Crippen molar-refractivity contribution in [3.63, 3.8) is 0 Å². The number of aromatic nitrogens is 2. The molecule has 0 radical (unpaired) electrons.